The summed E-state index contributed by atoms with van der Waals surface area (Å²) in [5, 5.41) is 13.3. The van der Waals surface area contributed by atoms with E-state index >= 15 is 0 Å². The second-order valence-corrected chi connectivity index (χ2v) is 16.2. The molecule has 2 nitrogen and oxygen atoms in total. The molecule has 7 aromatic carbocycles. The molecule has 0 N–H and O–H groups in total. The number of hydrogen-bond donors (Lipinski definition) is 0. The maximum absolute atomic E-state index is 9.72. The summed E-state index contributed by atoms with van der Waals surface area (Å²) in [5.41, 5.74) is 17.8. The molecule has 0 unspecified atom stereocenters. The van der Waals surface area contributed by atoms with Crippen LogP contribution in [0.1, 0.15) is 83.9 Å². The van der Waals surface area contributed by atoms with Crippen molar-refractivity contribution in [3.05, 3.63) is 203 Å². The van der Waals surface area contributed by atoms with Crippen molar-refractivity contribution in [1.29, 1.82) is 5.26 Å². The van der Waals surface area contributed by atoms with E-state index in [9.17, 15) is 5.26 Å². The van der Waals surface area contributed by atoms with Crippen LogP contribution < -0.4 is 0 Å². The Labute approximate surface area is 344 Å². The van der Waals surface area contributed by atoms with Crippen LogP contribution in [0, 0.1) is 32.1 Å². The highest BCUT2D eigenvalue weighted by Crippen LogP contribution is 2.54. The number of furan rings is 1. The minimum Gasteiger partial charge on any atom is -0.456 e. The van der Waals surface area contributed by atoms with Crippen LogP contribution in [0.5, 0.6) is 0 Å². The van der Waals surface area contributed by atoms with E-state index in [2.05, 4.69) is 189 Å². The standard InChI is InChI=1S/C33H25N.C15H16O.C8H10/c1-21-13-15-27-30(17-21)33(2,3)31-19-29(25-11-7-8-12-26(25)32(27)31)28-18-22(20-34)14-16-24(28)23-9-5-4-6-10-23;1-5-12-13-9-11(10(3)4)7-8-15(13)16-14(12)6-2;1-7-3-5-8(2)6-4-7/h4-19H,1-3H3;5-10H,1-2H2,3-4H3;3-6H,1-2H3. The Kier molecular flexibility index (Phi) is 11.2. The van der Waals surface area contributed by atoms with Gasteiger partial charge in [-0.1, -0.05) is 173 Å². The van der Waals surface area contributed by atoms with Gasteiger partial charge in [-0.05, 0) is 124 Å². The van der Waals surface area contributed by atoms with Crippen molar-refractivity contribution in [3.8, 4) is 39.4 Å². The Hall–Kier alpha value is -6.69. The first-order valence-corrected chi connectivity index (χ1v) is 20.1. The first-order chi connectivity index (χ1) is 27.9. The summed E-state index contributed by atoms with van der Waals surface area (Å²) in [6.07, 6.45) is 3.55. The quantitative estimate of drug-likeness (QED) is 0.175. The fourth-order valence-electron chi connectivity index (χ4n) is 8.14. The first-order valence-electron chi connectivity index (χ1n) is 20.1. The summed E-state index contributed by atoms with van der Waals surface area (Å²) < 4.78 is 5.68. The predicted molar refractivity (Wildman–Crippen MR) is 248 cm³/mol. The summed E-state index contributed by atoms with van der Waals surface area (Å²) in [6.45, 7) is 23.0. The lowest BCUT2D eigenvalue weighted by molar-refractivity contribution is 0.603. The van der Waals surface area contributed by atoms with Gasteiger partial charge in [0.25, 0.3) is 0 Å². The van der Waals surface area contributed by atoms with Gasteiger partial charge < -0.3 is 4.42 Å². The van der Waals surface area contributed by atoms with Crippen LogP contribution in [-0.2, 0) is 5.41 Å². The molecule has 0 bridgehead atoms. The lowest BCUT2D eigenvalue weighted by atomic mass is 9.79. The Morgan fingerprint density at radius 2 is 1.22 bits per heavy atom. The minimum atomic E-state index is -0.102. The highest BCUT2D eigenvalue weighted by Gasteiger charge is 2.37. The van der Waals surface area contributed by atoms with E-state index in [4.69, 9.17) is 4.42 Å². The van der Waals surface area contributed by atoms with Crippen LogP contribution in [0.2, 0.25) is 0 Å². The van der Waals surface area contributed by atoms with Crippen LogP contribution in [0.4, 0.5) is 0 Å². The number of nitriles is 1. The Morgan fingerprint density at radius 1 is 0.586 bits per heavy atom. The van der Waals surface area contributed by atoms with Crippen molar-refractivity contribution < 1.29 is 4.42 Å². The minimum absolute atomic E-state index is 0.102. The van der Waals surface area contributed by atoms with E-state index in [1.54, 1.807) is 6.08 Å². The lowest BCUT2D eigenvalue weighted by Crippen LogP contribution is -2.15. The number of aryl methyl sites for hydroxylation is 3. The van der Waals surface area contributed by atoms with Gasteiger partial charge in [-0.25, -0.2) is 0 Å². The zero-order valence-corrected chi connectivity index (χ0v) is 34.8. The summed E-state index contributed by atoms with van der Waals surface area (Å²) in [6, 6.07) is 51.6. The Morgan fingerprint density at radius 3 is 1.86 bits per heavy atom. The highest BCUT2D eigenvalue weighted by atomic mass is 16.3. The van der Waals surface area contributed by atoms with Gasteiger partial charge >= 0.3 is 0 Å². The van der Waals surface area contributed by atoms with Gasteiger partial charge in [0.2, 0.25) is 0 Å². The fraction of sp³-hybridized carbons (Fsp3) is 0.161. The fourth-order valence-corrected chi connectivity index (χ4v) is 8.14. The lowest BCUT2D eigenvalue weighted by Gasteiger charge is -2.24. The van der Waals surface area contributed by atoms with Gasteiger partial charge in [-0.15, -0.1) is 0 Å². The molecule has 0 aliphatic heterocycles. The summed E-state index contributed by atoms with van der Waals surface area (Å²) in [5.74, 6) is 1.31. The van der Waals surface area contributed by atoms with Crippen molar-refractivity contribution in [2.45, 2.75) is 59.8 Å². The normalized spacial score (nSPS) is 12.1. The van der Waals surface area contributed by atoms with Gasteiger partial charge in [0.05, 0.1) is 11.6 Å². The molecule has 0 fully saturated rings. The molecule has 1 aliphatic carbocycles. The SMILES string of the molecule is C=Cc1oc2ccc(C(C)C)cc2c1C=C.Cc1ccc(C)cc1.Cc1ccc2c(c1)C(C)(C)c1cc(-c3cc(C#N)ccc3-c3ccccc3)c3ccccc3c1-2. The maximum atomic E-state index is 9.72. The van der Waals surface area contributed by atoms with Crippen LogP contribution in [-0.4, -0.2) is 0 Å². The van der Waals surface area contributed by atoms with Crippen molar-refractivity contribution in [1.82, 2.24) is 0 Å². The zero-order valence-electron chi connectivity index (χ0n) is 34.8. The molecule has 0 spiro atoms. The molecule has 286 valence electrons. The molecule has 0 saturated heterocycles. The van der Waals surface area contributed by atoms with Gasteiger partial charge in [-0.3, -0.25) is 0 Å². The molecule has 0 amide bonds. The summed E-state index contributed by atoms with van der Waals surface area (Å²) >= 11 is 0. The zero-order chi connectivity index (χ0) is 41.1. The number of benzene rings is 7. The average molecular weight is 754 g/mol. The van der Waals surface area contributed by atoms with E-state index in [0.29, 0.717) is 11.5 Å². The van der Waals surface area contributed by atoms with E-state index in [1.807, 2.05) is 24.3 Å². The third-order valence-corrected chi connectivity index (χ3v) is 11.4. The van der Waals surface area contributed by atoms with Crippen molar-refractivity contribution in [2.24, 2.45) is 0 Å². The van der Waals surface area contributed by atoms with E-state index in [-0.39, 0.29) is 5.41 Å². The number of nitrogens with zero attached hydrogens (tertiary/aromatic N) is 1. The third-order valence-electron chi connectivity index (χ3n) is 11.4. The maximum Gasteiger partial charge on any atom is 0.135 e. The second-order valence-electron chi connectivity index (χ2n) is 16.2. The van der Waals surface area contributed by atoms with E-state index in [0.717, 1.165) is 39.0 Å². The highest BCUT2D eigenvalue weighted by molar-refractivity contribution is 6.10. The molecule has 2 heteroatoms. The molecule has 0 atom stereocenters. The number of fused-ring (bicyclic) bond motifs is 6. The Bertz CT molecular complexity index is 2820. The van der Waals surface area contributed by atoms with Gasteiger partial charge in [-0.2, -0.15) is 5.26 Å². The first kappa shape index (κ1) is 39.5. The average Bonchev–Trinajstić information content (AvgIpc) is 3.72. The van der Waals surface area contributed by atoms with Crippen molar-refractivity contribution in [3.63, 3.8) is 0 Å². The van der Waals surface area contributed by atoms with Gasteiger partial charge in [0, 0.05) is 16.4 Å². The molecule has 58 heavy (non-hydrogen) atoms. The monoisotopic (exact) mass is 753 g/mol. The molecule has 8 aromatic rings. The van der Waals surface area contributed by atoms with E-state index < -0.39 is 0 Å². The van der Waals surface area contributed by atoms with Crippen LogP contribution in [0.25, 0.3) is 67.3 Å². The largest absolute Gasteiger partial charge is 0.456 e. The van der Waals surface area contributed by atoms with Crippen molar-refractivity contribution in [2.75, 3.05) is 0 Å². The molecule has 1 heterocycles. The smallest absolute Gasteiger partial charge is 0.135 e. The number of hydrogen-bond acceptors (Lipinski definition) is 2. The molecule has 9 rings (SSSR count). The van der Waals surface area contributed by atoms with Crippen LogP contribution >= 0.6 is 0 Å². The number of rotatable bonds is 5. The topological polar surface area (TPSA) is 36.9 Å². The summed E-state index contributed by atoms with van der Waals surface area (Å²) in [7, 11) is 0. The van der Waals surface area contributed by atoms with Crippen molar-refractivity contribution >= 4 is 33.9 Å². The van der Waals surface area contributed by atoms with Crippen LogP contribution in [0.3, 0.4) is 0 Å². The molecule has 0 saturated carbocycles. The molecular weight excluding hydrogens is 703 g/mol. The molecular formula is C56H51NO. The molecule has 1 aromatic heterocycles. The predicted octanol–water partition coefficient (Wildman–Crippen LogP) is 15.8. The third kappa shape index (κ3) is 7.57. The molecule has 1 aliphatic rings. The molecule has 0 radical (unpaired) electrons. The summed E-state index contributed by atoms with van der Waals surface area (Å²) in [4.78, 5) is 0. The van der Waals surface area contributed by atoms with Gasteiger partial charge in [0.1, 0.15) is 11.3 Å². The Balaban J connectivity index is 0.000000175. The van der Waals surface area contributed by atoms with E-state index in [1.165, 1.54) is 60.8 Å². The second kappa shape index (κ2) is 16.4. The van der Waals surface area contributed by atoms with Crippen LogP contribution in [0.15, 0.2) is 157 Å². The van der Waals surface area contributed by atoms with Gasteiger partial charge in [0.15, 0.2) is 0 Å².